The van der Waals surface area contributed by atoms with Gasteiger partial charge in [-0.3, -0.25) is 47.9 Å². The number of nitrogens with two attached hydrogens (primary N) is 1. The first kappa shape index (κ1) is 92.2. The number of imidazole rings is 1. The average molecular weight is 1790 g/mol. The van der Waals surface area contributed by atoms with E-state index in [2.05, 4.69) is 136 Å². The molecule has 1 saturated carbocycles. The Bertz CT molecular complexity index is 4760. The molecule has 9 aliphatic rings. The van der Waals surface area contributed by atoms with Gasteiger partial charge in [-0.25, -0.2) is 9.97 Å². The number of amides is 9. The molecule has 619 valence electrons. The van der Waals surface area contributed by atoms with Gasteiger partial charge in [0.05, 0.1) is 67.2 Å². The number of aromatic nitrogens is 3. The van der Waals surface area contributed by atoms with Gasteiger partial charge in [0, 0.05) is 121 Å². The number of nitrogens with zero attached hydrogens (tertiary/aromatic N) is 7. The molecule has 7 N–H and O–H groups in total. The standard InChI is InChI=1S/C17H15N3O3.C17H18N2O3.C15H13BrN2O3.C14H14N2O2.C6H8N2.C4H7O.3C4H9.C2H5NO.BHNS.Sn/c1-10-19-14(9-23-10)12-3-2-4-13-11(12)5-6-20-15(13)7-16(21)18-8-17(20)22;1-3-22-11(2)12-5-4-6-14-13(12)7-8-19-15(14)9-16(20)18-10-17(19)21;16-7-13(19)11-3-1-2-10-9(11)4-5-18-12(10)6-14(20)17-8-15(18)21;1-9-3-2-4-11-10(9)5-6-16-12(11)7-13(17)15-8-14(16)18;1-2-5(1)6-3-7-4-8-6;1-3-5-4-2;3*1-3-4-2;1-2(3)4;1-2-3;/h2-4,7,9H,5-6,8H2,1H3,(H,18,21);4-6,9H,2-3,7-8,10H2,1H3,(H,18,20);1-3,6H,4-5,7-8H2,(H,17,20);2-4,7H,5-6,8H2,1H3,(H,15,17);3-5H,1-2H2,(H,7,8);1,4H2,2H3;3*1,3-4H2,2H3;1H3,(H2,3,4);3H;. The number of unbranched alkanes of at least 4 members (excludes halogenated alkanes) is 3. The number of carbonyl (C=O) groups excluding carboxylic acids is 10. The summed E-state index contributed by atoms with van der Waals surface area (Å²) in [5, 5.41) is 10.6. The number of ketones is 1. The summed E-state index contributed by atoms with van der Waals surface area (Å²) >= 11 is 4.14. The molecule has 1 aliphatic carbocycles. The molecule has 0 atom stereocenters. The molecule has 0 unspecified atom stereocenters. The minimum absolute atomic E-state index is 0.00491. The van der Waals surface area contributed by atoms with Crippen LogP contribution in [0.15, 0.2) is 142 Å². The van der Waals surface area contributed by atoms with Gasteiger partial charge in [0.15, 0.2) is 11.7 Å². The summed E-state index contributed by atoms with van der Waals surface area (Å²) in [6.45, 7) is 28.2. The number of H-pyrrole nitrogens is 1. The largest absolute Gasteiger partial charge is 0.348 e. The minimum atomic E-state index is -2.24. The van der Waals surface area contributed by atoms with Crippen LogP contribution in [0.2, 0.25) is 13.3 Å². The summed E-state index contributed by atoms with van der Waals surface area (Å²) < 4.78 is 25.1. The van der Waals surface area contributed by atoms with E-state index in [1.54, 1.807) is 51.2 Å². The van der Waals surface area contributed by atoms with Crippen LogP contribution in [0, 0.1) is 13.8 Å². The molecule has 30 heteroatoms. The topological polar surface area (TPSA) is 343 Å². The third kappa shape index (κ3) is 24.9. The number of benzene rings is 4. The van der Waals surface area contributed by atoms with Crippen LogP contribution in [0.25, 0.3) is 39.8 Å². The van der Waals surface area contributed by atoms with E-state index in [9.17, 15) is 47.9 Å². The molecule has 0 bridgehead atoms. The van der Waals surface area contributed by atoms with Crippen LogP contribution in [0.1, 0.15) is 176 Å². The number of thiol groups is 1. The fraction of sp³-hybridized carbons (Fsp3) is 0.402. The number of Topliss-reactive ketones (excluding diaryl/α,β-unsaturated/α-hetero) is 1. The molecule has 4 aromatic carbocycles. The summed E-state index contributed by atoms with van der Waals surface area (Å²) in [6.07, 6.45) is 24.9. The zero-order valence-corrected chi connectivity index (χ0v) is 73.6. The number of fused-ring (bicyclic) bond motifs is 12. The van der Waals surface area contributed by atoms with Crippen molar-refractivity contribution in [2.45, 2.75) is 152 Å². The van der Waals surface area contributed by atoms with Crippen LogP contribution in [0.4, 0.5) is 0 Å². The number of rotatable bonds is 19. The summed E-state index contributed by atoms with van der Waals surface area (Å²) in [7, 11) is 4.34. The second-order valence-corrected chi connectivity index (χ2v) is 42.9. The molecular formula is C87H108BBrN13O13SSn. The molecule has 8 aliphatic heterocycles. The van der Waals surface area contributed by atoms with Crippen molar-refractivity contribution in [2.24, 2.45) is 10.0 Å². The number of aromatic amines is 1. The Hall–Kier alpha value is -10.3. The summed E-state index contributed by atoms with van der Waals surface area (Å²) in [4.78, 5) is 135. The van der Waals surface area contributed by atoms with Crippen molar-refractivity contribution in [1.82, 2.24) is 55.8 Å². The maximum atomic E-state index is 12.2. The van der Waals surface area contributed by atoms with E-state index in [1.165, 1.54) is 117 Å². The van der Waals surface area contributed by atoms with Gasteiger partial charge in [-0.1, -0.05) is 95.3 Å². The van der Waals surface area contributed by atoms with E-state index in [-0.39, 0.29) is 90.5 Å². The van der Waals surface area contributed by atoms with E-state index in [0.717, 1.165) is 86.8 Å². The average Bonchev–Trinajstić information content (AvgIpc) is 1.21. The Labute approximate surface area is 704 Å². The molecule has 0 saturated heterocycles. The van der Waals surface area contributed by atoms with E-state index in [4.69, 9.17) is 13.9 Å². The minimum Gasteiger partial charge on any atom is -0.348 e. The van der Waals surface area contributed by atoms with Crippen LogP contribution < -0.4 is 27.0 Å². The number of primary amides is 1. The van der Waals surface area contributed by atoms with Crippen LogP contribution in [0.3, 0.4) is 0 Å². The zero-order valence-electron chi connectivity index (χ0n) is 68.3. The molecule has 6 aromatic rings. The van der Waals surface area contributed by atoms with Gasteiger partial charge in [-0.15, -0.1) is 0 Å². The molecule has 26 nitrogen and oxygen atoms in total. The summed E-state index contributed by atoms with van der Waals surface area (Å²) in [5.41, 5.74) is 20.9. The number of hydrogen-bond acceptors (Lipinski definition) is 17. The zero-order chi connectivity index (χ0) is 84.9. The number of ether oxygens (including phenoxy) is 2. The molecule has 1 fully saturated rings. The first-order valence-electron chi connectivity index (χ1n) is 39.9. The number of alkyl halides is 1. The second kappa shape index (κ2) is 45.5. The summed E-state index contributed by atoms with van der Waals surface area (Å²) in [5.74, 6) is 0.403. The number of nitrogens with one attached hydrogen (secondary N) is 5. The van der Waals surface area contributed by atoms with Gasteiger partial charge in [-0.05, 0) is 80.2 Å². The van der Waals surface area contributed by atoms with Gasteiger partial charge in [-0.2, -0.15) is 0 Å². The Morgan fingerprint density at radius 3 is 1.35 bits per heavy atom. The van der Waals surface area contributed by atoms with Crippen molar-refractivity contribution >= 4 is 142 Å². The normalized spacial score (nSPS) is 15.9. The van der Waals surface area contributed by atoms with E-state index in [1.807, 2.05) is 67.7 Å². The summed E-state index contributed by atoms with van der Waals surface area (Å²) in [6, 6.07) is 23.1. The van der Waals surface area contributed by atoms with E-state index in [0.29, 0.717) is 79.9 Å². The van der Waals surface area contributed by atoms with Crippen LogP contribution in [-0.2, 0) is 78.3 Å². The van der Waals surface area contributed by atoms with Crippen LogP contribution in [-0.4, -0.2) is 190 Å². The molecule has 117 heavy (non-hydrogen) atoms. The van der Waals surface area contributed by atoms with Gasteiger partial charge in [0.2, 0.25) is 53.2 Å². The van der Waals surface area contributed by atoms with Crippen molar-refractivity contribution in [3.63, 3.8) is 0 Å². The number of halogens is 1. The fourth-order valence-corrected chi connectivity index (χ4v) is 30.0. The van der Waals surface area contributed by atoms with Gasteiger partial charge in [0.1, 0.15) is 17.7 Å². The monoisotopic (exact) mass is 1780 g/mol. The molecule has 1 radical (unpaired) electrons. The smallest absolute Gasteiger partial charge is 0.0921 e. The van der Waals surface area contributed by atoms with Crippen molar-refractivity contribution in [3.8, 4) is 11.3 Å². The molecule has 10 heterocycles. The molecule has 0 spiro atoms. The molecular weight excluding hydrogens is 1680 g/mol. The Kier molecular flexibility index (Phi) is 35.8. The Morgan fingerprint density at radius 2 is 0.966 bits per heavy atom. The first-order valence-corrected chi connectivity index (χ1v) is 48.9. The SMILES string of the molecule is C=C(OCC)c1cccc2c1CCN1C(=O)CNC(=O)C=C21.C=[C](OCC)[Sn]([CH2]CCC)([CH2]CCC)[CH2]CCC.CC(N)=O.Cc1cccc2c1CCN1C(=O)CNC(=O)C=C21.Cc1nc(-c2cccc3c2CCN2C(=O)CNC(=O)C=C32)co1.O=C1C=C2c3cccc(C(=O)CBr)c3CCN2C(=O)CN1.[B]=NS.c1ncc(C2CC2)[nH]1. The number of carbonyl (C=O) groups is 10. The van der Waals surface area contributed by atoms with Gasteiger partial charge in [0.25, 0.3) is 0 Å². The second-order valence-electron chi connectivity index (χ2n) is 28.9. The van der Waals surface area contributed by atoms with Crippen molar-refractivity contribution in [1.29, 1.82) is 0 Å². The first-order chi connectivity index (χ1) is 56.3. The predicted octanol–water partition coefficient (Wildman–Crippen LogP) is 11.9. The number of hydrogen-bond donors (Lipinski definition) is 7. The molecule has 2 aromatic heterocycles. The quantitative estimate of drug-likeness (QED) is 0.0130. The molecule has 15 rings (SSSR count). The van der Waals surface area contributed by atoms with Crippen molar-refractivity contribution < 1.29 is 61.8 Å². The predicted molar refractivity (Wildman–Crippen MR) is 463 cm³/mol. The van der Waals surface area contributed by atoms with Crippen molar-refractivity contribution in [2.75, 3.05) is 70.9 Å². The number of oxazole rings is 1. The number of aryl methyl sites for hydroxylation is 2. The van der Waals surface area contributed by atoms with Crippen LogP contribution in [0.5, 0.6) is 0 Å². The Morgan fingerprint density at radius 1 is 0.590 bits per heavy atom. The maximum absolute atomic E-state index is 12.2. The third-order valence-electron chi connectivity index (χ3n) is 20.9. The van der Waals surface area contributed by atoms with E-state index >= 15 is 0 Å². The van der Waals surface area contributed by atoms with Gasteiger partial charge < -0.3 is 60.7 Å². The fourth-order valence-electron chi connectivity index (χ4n) is 15.0. The Balaban J connectivity index is 0.000000175. The molecule has 9 amide bonds. The van der Waals surface area contributed by atoms with Crippen LogP contribution >= 0.6 is 28.7 Å². The third-order valence-corrected chi connectivity index (χ3v) is 36.4. The van der Waals surface area contributed by atoms with E-state index < -0.39 is 18.4 Å². The van der Waals surface area contributed by atoms with Gasteiger partial charge >= 0.3 is 144 Å². The maximum Gasteiger partial charge on any atom is 0.0921 e. The van der Waals surface area contributed by atoms with Crippen molar-refractivity contribution in [3.05, 3.63) is 206 Å².